The number of nitrogens with one attached hydrogen (secondary N) is 2. The highest BCUT2D eigenvalue weighted by atomic mass is 32.2. The summed E-state index contributed by atoms with van der Waals surface area (Å²) in [6.45, 7) is 2.43. The van der Waals surface area contributed by atoms with Crippen LogP contribution in [0.3, 0.4) is 0 Å². The van der Waals surface area contributed by atoms with Crippen molar-refractivity contribution in [2.75, 3.05) is 23.9 Å². The van der Waals surface area contributed by atoms with Gasteiger partial charge in [-0.05, 0) is 25.3 Å². The van der Waals surface area contributed by atoms with E-state index < -0.39 is 0 Å². The van der Waals surface area contributed by atoms with Gasteiger partial charge in [-0.1, -0.05) is 18.2 Å². The summed E-state index contributed by atoms with van der Waals surface area (Å²) in [7, 11) is 0. The second kappa shape index (κ2) is 7.30. The fraction of sp³-hybridized carbons (Fsp3) is 0.417. The van der Waals surface area contributed by atoms with Gasteiger partial charge in [0.1, 0.15) is 0 Å². The van der Waals surface area contributed by atoms with Crippen molar-refractivity contribution in [2.45, 2.75) is 13.0 Å². The molecule has 0 aliphatic heterocycles. The lowest BCUT2D eigenvalue weighted by Gasteiger charge is -2.12. The maximum absolute atomic E-state index is 11.5. The van der Waals surface area contributed by atoms with E-state index in [4.69, 9.17) is 0 Å². The van der Waals surface area contributed by atoms with Gasteiger partial charge in [0, 0.05) is 17.5 Å². The third-order valence-electron chi connectivity index (χ3n) is 2.09. The molecule has 1 aromatic carbocycles. The first-order chi connectivity index (χ1) is 7.72. The van der Waals surface area contributed by atoms with Crippen LogP contribution in [0.1, 0.15) is 6.92 Å². The molecule has 3 nitrogen and oxygen atoms in total. The van der Waals surface area contributed by atoms with Gasteiger partial charge in [0.25, 0.3) is 0 Å². The molecule has 0 aromatic heterocycles. The van der Waals surface area contributed by atoms with Gasteiger partial charge in [0.05, 0.1) is 6.54 Å². The van der Waals surface area contributed by atoms with Crippen LogP contribution in [-0.2, 0) is 4.79 Å². The highest BCUT2D eigenvalue weighted by Gasteiger charge is 2.04. The number of carbonyl (C=O) groups excluding carboxylic acids is 1. The molecular weight excluding hydrogens is 220 g/mol. The van der Waals surface area contributed by atoms with E-state index in [1.54, 1.807) is 11.8 Å². The van der Waals surface area contributed by atoms with Crippen LogP contribution in [0.2, 0.25) is 0 Å². The normalized spacial score (nSPS) is 12.1. The van der Waals surface area contributed by atoms with Gasteiger partial charge in [-0.2, -0.15) is 11.8 Å². The molecular formula is C12H18N2OS. The molecule has 2 N–H and O–H groups in total. The molecule has 1 rings (SSSR count). The molecule has 88 valence electrons. The van der Waals surface area contributed by atoms with E-state index in [9.17, 15) is 4.79 Å². The Hall–Kier alpha value is -1.00. The van der Waals surface area contributed by atoms with E-state index in [1.165, 1.54) is 0 Å². The number of carbonyl (C=O) groups is 1. The largest absolute Gasteiger partial charge is 0.325 e. The maximum atomic E-state index is 11.5. The second-order valence-corrected chi connectivity index (χ2v) is 4.56. The highest BCUT2D eigenvalue weighted by Crippen LogP contribution is 2.04. The average Bonchev–Trinajstić information content (AvgIpc) is 2.28. The van der Waals surface area contributed by atoms with E-state index in [0.29, 0.717) is 12.6 Å². The monoisotopic (exact) mass is 238 g/mol. The summed E-state index contributed by atoms with van der Waals surface area (Å²) in [5.41, 5.74) is 0.840. The standard InChI is InChI=1S/C12H18N2OS/c1-10(9-16-2)13-8-12(15)14-11-6-4-3-5-7-11/h3-7,10,13H,8-9H2,1-2H3,(H,14,15). The molecule has 0 fully saturated rings. The van der Waals surface area contributed by atoms with Crippen LogP contribution in [-0.4, -0.2) is 30.5 Å². The number of hydrogen-bond donors (Lipinski definition) is 2. The summed E-state index contributed by atoms with van der Waals surface area (Å²) in [4.78, 5) is 11.5. The number of para-hydroxylation sites is 1. The van der Waals surface area contributed by atoms with Crippen LogP contribution in [0.5, 0.6) is 0 Å². The molecule has 0 radical (unpaired) electrons. The lowest BCUT2D eigenvalue weighted by Crippen LogP contribution is -2.35. The molecule has 0 saturated carbocycles. The van der Waals surface area contributed by atoms with Crippen molar-refractivity contribution in [3.63, 3.8) is 0 Å². The van der Waals surface area contributed by atoms with Crippen LogP contribution in [0.25, 0.3) is 0 Å². The first-order valence-corrected chi connectivity index (χ1v) is 6.69. The summed E-state index contributed by atoms with van der Waals surface area (Å²) >= 11 is 1.77. The first kappa shape index (κ1) is 13.1. The summed E-state index contributed by atoms with van der Waals surface area (Å²) in [6, 6.07) is 9.84. The lowest BCUT2D eigenvalue weighted by atomic mass is 10.3. The van der Waals surface area contributed by atoms with Crippen molar-refractivity contribution < 1.29 is 4.79 Å². The number of anilines is 1. The van der Waals surface area contributed by atoms with E-state index in [1.807, 2.05) is 30.3 Å². The number of rotatable bonds is 6. The molecule has 0 spiro atoms. The Labute approximate surface area is 101 Å². The van der Waals surface area contributed by atoms with Crippen LogP contribution < -0.4 is 10.6 Å². The maximum Gasteiger partial charge on any atom is 0.238 e. The molecule has 0 aliphatic rings. The lowest BCUT2D eigenvalue weighted by molar-refractivity contribution is -0.115. The van der Waals surface area contributed by atoms with Crippen molar-refractivity contribution >= 4 is 23.4 Å². The topological polar surface area (TPSA) is 41.1 Å². The summed E-state index contributed by atoms with van der Waals surface area (Å²) in [5, 5.41) is 6.00. The number of benzene rings is 1. The molecule has 0 aliphatic carbocycles. The smallest absolute Gasteiger partial charge is 0.238 e. The van der Waals surface area contributed by atoms with Crippen LogP contribution in [0.15, 0.2) is 30.3 Å². The summed E-state index contributed by atoms with van der Waals surface area (Å²) < 4.78 is 0. The third kappa shape index (κ3) is 5.19. The quantitative estimate of drug-likeness (QED) is 0.796. The van der Waals surface area contributed by atoms with Crippen molar-refractivity contribution in [3.8, 4) is 0 Å². The number of thioether (sulfide) groups is 1. The molecule has 0 bridgehead atoms. The number of hydrogen-bond acceptors (Lipinski definition) is 3. The van der Waals surface area contributed by atoms with Crippen LogP contribution in [0.4, 0.5) is 5.69 Å². The van der Waals surface area contributed by atoms with Gasteiger partial charge in [-0.3, -0.25) is 4.79 Å². The second-order valence-electron chi connectivity index (χ2n) is 3.65. The molecule has 16 heavy (non-hydrogen) atoms. The minimum atomic E-state index is -0.000784. The zero-order chi connectivity index (χ0) is 11.8. The van der Waals surface area contributed by atoms with E-state index in [-0.39, 0.29) is 5.91 Å². The fourth-order valence-electron chi connectivity index (χ4n) is 1.30. The van der Waals surface area contributed by atoms with E-state index in [0.717, 1.165) is 11.4 Å². The predicted molar refractivity (Wildman–Crippen MR) is 70.9 cm³/mol. The first-order valence-electron chi connectivity index (χ1n) is 5.29. The van der Waals surface area contributed by atoms with Crippen LogP contribution >= 0.6 is 11.8 Å². The average molecular weight is 238 g/mol. The Morgan fingerprint density at radius 2 is 2.06 bits per heavy atom. The molecule has 1 atom stereocenters. The zero-order valence-electron chi connectivity index (χ0n) is 9.69. The van der Waals surface area contributed by atoms with Crippen molar-refractivity contribution in [1.29, 1.82) is 0 Å². The fourth-order valence-corrected chi connectivity index (χ4v) is 1.92. The van der Waals surface area contributed by atoms with Gasteiger partial charge in [0.15, 0.2) is 0 Å². The van der Waals surface area contributed by atoms with Crippen LogP contribution in [0, 0.1) is 0 Å². The predicted octanol–water partition coefficient (Wildman–Crippen LogP) is 1.97. The van der Waals surface area contributed by atoms with Crippen molar-refractivity contribution in [1.82, 2.24) is 5.32 Å². The van der Waals surface area contributed by atoms with E-state index in [2.05, 4.69) is 23.8 Å². The zero-order valence-corrected chi connectivity index (χ0v) is 10.5. The summed E-state index contributed by atoms with van der Waals surface area (Å²) in [5.74, 6) is 1.01. The van der Waals surface area contributed by atoms with Crippen molar-refractivity contribution in [2.24, 2.45) is 0 Å². The molecule has 0 heterocycles. The Balaban J connectivity index is 2.26. The third-order valence-corrected chi connectivity index (χ3v) is 2.92. The SMILES string of the molecule is CSCC(C)NCC(=O)Nc1ccccc1. The minimum absolute atomic E-state index is 0.000784. The van der Waals surface area contributed by atoms with Gasteiger partial charge in [-0.25, -0.2) is 0 Å². The Morgan fingerprint density at radius 3 is 2.69 bits per heavy atom. The van der Waals surface area contributed by atoms with Gasteiger partial charge >= 0.3 is 0 Å². The summed E-state index contributed by atoms with van der Waals surface area (Å²) in [6.07, 6.45) is 2.06. The van der Waals surface area contributed by atoms with E-state index >= 15 is 0 Å². The molecule has 1 unspecified atom stereocenters. The molecule has 4 heteroatoms. The number of amides is 1. The Morgan fingerprint density at radius 1 is 1.38 bits per heavy atom. The van der Waals surface area contributed by atoms with Gasteiger partial charge < -0.3 is 10.6 Å². The molecule has 1 amide bonds. The molecule has 1 aromatic rings. The Kier molecular flexibility index (Phi) is 5.96. The van der Waals surface area contributed by atoms with Crippen molar-refractivity contribution in [3.05, 3.63) is 30.3 Å². The highest BCUT2D eigenvalue weighted by molar-refractivity contribution is 7.98. The van der Waals surface area contributed by atoms with Gasteiger partial charge in [-0.15, -0.1) is 0 Å². The van der Waals surface area contributed by atoms with Gasteiger partial charge in [0.2, 0.25) is 5.91 Å². The molecule has 0 saturated heterocycles. The Bertz CT molecular complexity index is 316. The minimum Gasteiger partial charge on any atom is -0.325 e.